The van der Waals surface area contributed by atoms with Gasteiger partial charge in [-0.15, -0.1) is 0 Å². The van der Waals surface area contributed by atoms with E-state index < -0.39 is 0 Å². The number of carbonyl (C=O) groups is 1. The molecule has 0 heterocycles. The highest BCUT2D eigenvalue weighted by molar-refractivity contribution is 5.74. The molecule has 36 valence electrons. The zero-order valence-electron chi connectivity index (χ0n) is 3.46. The Morgan fingerprint density at radius 3 is 2.43 bits per heavy atom. The Bertz CT molecular complexity index is 131. The van der Waals surface area contributed by atoms with Gasteiger partial charge in [0.1, 0.15) is 0 Å². The van der Waals surface area contributed by atoms with Crippen LogP contribution in [0.2, 0.25) is 0 Å². The van der Waals surface area contributed by atoms with Crippen molar-refractivity contribution >= 4 is 6.29 Å². The molecule has 1 N–H and O–H groups in total. The van der Waals surface area contributed by atoms with E-state index in [0.717, 1.165) is 0 Å². The van der Waals surface area contributed by atoms with Crippen molar-refractivity contribution in [3.8, 4) is 0 Å². The number of aliphatic hydroxyl groups is 1. The quantitative estimate of drug-likeness (QED) is 0.224. The van der Waals surface area contributed by atoms with E-state index in [9.17, 15) is 4.79 Å². The molecule has 0 bridgehead atoms. The van der Waals surface area contributed by atoms with E-state index in [-0.39, 0.29) is 12.0 Å². The summed E-state index contributed by atoms with van der Waals surface area (Å²) in [5, 5.41) is 7.92. The lowest BCUT2D eigenvalue weighted by atomic mass is 10.6. The molecular formula is C4H3NO2. The van der Waals surface area contributed by atoms with Crippen molar-refractivity contribution in [2.45, 2.75) is 0 Å². The number of rotatable bonds is 1. The first kappa shape index (κ1) is 5.70. The summed E-state index contributed by atoms with van der Waals surface area (Å²) in [4.78, 5) is 12.1. The van der Waals surface area contributed by atoms with Gasteiger partial charge in [0.15, 0.2) is 6.29 Å². The van der Waals surface area contributed by atoms with Crippen molar-refractivity contribution in [2.75, 3.05) is 0 Å². The number of hydrogen-bond donors (Lipinski definition) is 1. The van der Waals surface area contributed by atoms with Crippen LogP contribution in [0.15, 0.2) is 12.0 Å². The summed E-state index contributed by atoms with van der Waals surface area (Å²) in [6, 6.07) is 0. The molecule has 0 aromatic carbocycles. The van der Waals surface area contributed by atoms with E-state index in [4.69, 9.17) is 11.7 Å². The van der Waals surface area contributed by atoms with Gasteiger partial charge in [-0.3, -0.25) is 0 Å². The van der Waals surface area contributed by atoms with E-state index in [0.29, 0.717) is 6.26 Å². The maximum Gasteiger partial charge on any atom is 0.259 e. The fourth-order valence-electron chi connectivity index (χ4n) is 0.0856. The van der Waals surface area contributed by atoms with Crippen LogP contribution < -0.4 is 0 Å². The lowest BCUT2D eigenvalue weighted by molar-refractivity contribution is -0.104. The Hall–Kier alpha value is -1.30. The standard InChI is InChI=1S/C4H3NO2/c1-5-4(2-6)3-7/h2-3,6H. The molecule has 0 aliphatic carbocycles. The van der Waals surface area contributed by atoms with Crippen LogP contribution >= 0.6 is 0 Å². The van der Waals surface area contributed by atoms with E-state index in [2.05, 4.69) is 4.85 Å². The molecule has 0 aromatic heterocycles. The van der Waals surface area contributed by atoms with Crippen molar-refractivity contribution in [1.29, 1.82) is 0 Å². The van der Waals surface area contributed by atoms with Gasteiger partial charge in [0.25, 0.3) is 5.70 Å². The van der Waals surface area contributed by atoms with Crippen molar-refractivity contribution < 1.29 is 9.90 Å². The lowest BCUT2D eigenvalue weighted by Crippen LogP contribution is -1.72. The van der Waals surface area contributed by atoms with Crippen molar-refractivity contribution in [3.05, 3.63) is 23.4 Å². The van der Waals surface area contributed by atoms with Crippen LogP contribution in [-0.2, 0) is 4.79 Å². The first-order valence-electron chi connectivity index (χ1n) is 1.52. The highest BCUT2D eigenvalue weighted by Gasteiger charge is 1.85. The number of hydrogen-bond acceptors (Lipinski definition) is 2. The third kappa shape index (κ3) is 1.55. The summed E-state index contributed by atoms with van der Waals surface area (Å²) in [5.41, 5.74) is -0.278. The molecule has 3 nitrogen and oxygen atoms in total. The maximum atomic E-state index is 9.53. The van der Waals surface area contributed by atoms with Crippen LogP contribution in [0, 0.1) is 6.57 Å². The summed E-state index contributed by atoms with van der Waals surface area (Å²) in [6.07, 6.45) is 0.757. The molecule has 0 aliphatic heterocycles. The molecule has 0 fully saturated rings. The predicted octanol–water partition coefficient (Wildman–Crippen LogP) is 0.504. The number of allylic oxidation sites excluding steroid dienone is 1. The van der Waals surface area contributed by atoms with Gasteiger partial charge < -0.3 is 9.90 Å². The average molecular weight is 97.1 g/mol. The number of nitrogens with zero attached hydrogens (tertiary/aromatic N) is 1. The van der Waals surface area contributed by atoms with E-state index >= 15 is 0 Å². The Labute approximate surface area is 40.7 Å². The zero-order valence-corrected chi connectivity index (χ0v) is 3.46. The van der Waals surface area contributed by atoms with Gasteiger partial charge in [0, 0.05) is 0 Å². The number of aldehydes is 1. The third-order valence-electron chi connectivity index (χ3n) is 0.382. The fraction of sp³-hybridized carbons (Fsp3) is 0. The summed E-state index contributed by atoms with van der Waals surface area (Å²) >= 11 is 0. The van der Waals surface area contributed by atoms with E-state index in [1.54, 1.807) is 0 Å². The van der Waals surface area contributed by atoms with Crippen molar-refractivity contribution in [2.24, 2.45) is 0 Å². The zero-order chi connectivity index (χ0) is 5.70. The first-order chi connectivity index (χ1) is 3.35. The minimum atomic E-state index is -0.278. The Kier molecular flexibility index (Phi) is 2.37. The number of aliphatic hydroxyl groups excluding tert-OH is 1. The fourth-order valence-corrected chi connectivity index (χ4v) is 0.0856. The molecule has 0 atom stereocenters. The highest BCUT2D eigenvalue weighted by atomic mass is 16.2. The molecular weight excluding hydrogens is 94.0 g/mol. The summed E-state index contributed by atoms with van der Waals surface area (Å²) in [5.74, 6) is 0. The van der Waals surface area contributed by atoms with Crippen LogP contribution in [-0.4, -0.2) is 11.4 Å². The minimum Gasteiger partial charge on any atom is -0.526 e. The molecule has 0 spiro atoms. The van der Waals surface area contributed by atoms with Crippen LogP contribution in [0.3, 0.4) is 0 Å². The molecule has 0 amide bonds. The molecule has 0 saturated heterocycles. The van der Waals surface area contributed by atoms with Gasteiger partial charge in [-0.25, -0.2) is 4.85 Å². The molecule has 0 rings (SSSR count). The monoisotopic (exact) mass is 97.0 g/mol. The average Bonchev–Trinajstić information content (AvgIpc) is 1.72. The van der Waals surface area contributed by atoms with Gasteiger partial charge >= 0.3 is 0 Å². The second kappa shape index (κ2) is 2.91. The summed E-state index contributed by atoms with van der Waals surface area (Å²) in [7, 11) is 0. The van der Waals surface area contributed by atoms with Crippen LogP contribution in [0.25, 0.3) is 4.85 Å². The predicted molar refractivity (Wildman–Crippen MR) is 23.4 cm³/mol. The second-order valence-electron chi connectivity index (χ2n) is 0.784. The molecule has 0 aromatic rings. The largest absolute Gasteiger partial charge is 0.526 e. The minimum absolute atomic E-state index is 0.278. The van der Waals surface area contributed by atoms with Gasteiger partial charge in [-0.2, -0.15) is 0 Å². The van der Waals surface area contributed by atoms with Crippen molar-refractivity contribution in [1.82, 2.24) is 0 Å². The molecule has 0 unspecified atom stereocenters. The lowest BCUT2D eigenvalue weighted by Gasteiger charge is -1.71. The molecule has 0 radical (unpaired) electrons. The summed E-state index contributed by atoms with van der Waals surface area (Å²) < 4.78 is 0. The van der Waals surface area contributed by atoms with Gasteiger partial charge in [0.05, 0.1) is 12.8 Å². The topological polar surface area (TPSA) is 41.7 Å². The molecule has 3 heteroatoms. The molecule has 0 saturated carbocycles. The normalized spacial score (nSPS) is 9.86. The first-order valence-corrected chi connectivity index (χ1v) is 1.52. The van der Waals surface area contributed by atoms with Crippen LogP contribution in [0.5, 0.6) is 0 Å². The number of carbonyl (C=O) groups excluding carboxylic acids is 1. The maximum absolute atomic E-state index is 9.53. The SMILES string of the molecule is [C-]#[N+]C(C=O)=CO. The molecule has 7 heavy (non-hydrogen) atoms. The van der Waals surface area contributed by atoms with Crippen LogP contribution in [0.4, 0.5) is 0 Å². The van der Waals surface area contributed by atoms with Gasteiger partial charge in [0.2, 0.25) is 0 Å². The summed E-state index contributed by atoms with van der Waals surface area (Å²) in [6.45, 7) is 6.13. The Morgan fingerprint density at radius 1 is 1.86 bits per heavy atom. The van der Waals surface area contributed by atoms with E-state index in [1.807, 2.05) is 0 Å². The van der Waals surface area contributed by atoms with Gasteiger partial charge in [-0.1, -0.05) is 0 Å². The third-order valence-corrected chi connectivity index (χ3v) is 0.382. The Morgan fingerprint density at radius 2 is 2.43 bits per heavy atom. The second-order valence-corrected chi connectivity index (χ2v) is 0.784. The highest BCUT2D eigenvalue weighted by Crippen LogP contribution is 1.84. The van der Waals surface area contributed by atoms with E-state index in [1.165, 1.54) is 0 Å². The molecule has 0 aliphatic rings. The smallest absolute Gasteiger partial charge is 0.259 e. The Balaban J connectivity index is 3.94. The van der Waals surface area contributed by atoms with Gasteiger partial charge in [-0.05, 0) is 0 Å². The van der Waals surface area contributed by atoms with Crippen molar-refractivity contribution in [3.63, 3.8) is 0 Å². The van der Waals surface area contributed by atoms with Crippen LogP contribution in [0.1, 0.15) is 0 Å².